The molecule has 1 heterocycles. The van der Waals surface area contributed by atoms with Crippen molar-refractivity contribution in [2.24, 2.45) is 0 Å². The number of nitrogens with zero attached hydrogens (tertiary/aromatic N) is 2. The molecule has 0 unspecified atom stereocenters. The number of halogens is 2. The molecule has 0 saturated carbocycles. The lowest BCUT2D eigenvalue weighted by molar-refractivity contribution is 0.124. The van der Waals surface area contributed by atoms with Crippen LogP contribution >= 0.6 is 23.2 Å². The first-order valence-corrected chi connectivity index (χ1v) is 7.46. The van der Waals surface area contributed by atoms with Crippen LogP contribution in [0.3, 0.4) is 0 Å². The maximum absolute atomic E-state index is 6.25. The van der Waals surface area contributed by atoms with Crippen LogP contribution in [0.15, 0.2) is 18.2 Å². The highest BCUT2D eigenvalue weighted by Gasteiger charge is 2.12. The first-order chi connectivity index (χ1) is 9.27. The zero-order valence-corrected chi connectivity index (χ0v) is 12.5. The number of alkyl halides is 1. The predicted molar refractivity (Wildman–Crippen MR) is 80.0 cm³/mol. The lowest BCUT2D eigenvalue weighted by atomic mass is 10.3. The standard InChI is InChI=1S/C14H18Cl2N2O/c1-2-3-8-19-9-7-18-13(10-15)17-12-6-4-5-11(16)14(12)18/h4-6H,2-3,7-10H2,1H3. The highest BCUT2D eigenvalue weighted by atomic mass is 35.5. The lowest BCUT2D eigenvalue weighted by Gasteiger charge is -2.09. The summed E-state index contributed by atoms with van der Waals surface area (Å²) in [5, 5.41) is 0.704. The number of hydrogen-bond acceptors (Lipinski definition) is 2. The van der Waals surface area contributed by atoms with Crippen molar-refractivity contribution in [3.63, 3.8) is 0 Å². The summed E-state index contributed by atoms with van der Waals surface area (Å²) in [5.74, 6) is 1.21. The van der Waals surface area contributed by atoms with Crippen LogP contribution in [-0.2, 0) is 17.2 Å². The molecule has 19 heavy (non-hydrogen) atoms. The fourth-order valence-electron chi connectivity index (χ4n) is 2.04. The first kappa shape index (κ1) is 14.6. The molecular weight excluding hydrogens is 283 g/mol. The van der Waals surface area contributed by atoms with Gasteiger partial charge in [-0.05, 0) is 18.6 Å². The van der Waals surface area contributed by atoms with Crippen molar-refractivity contribution < 1.29 is 4.74 Å². The summed E-state index contributed by atoms with van der Waals surface area (Å²) in [5.41, 5.74) is 1.83. The number of unbranched alkanes of at least 4 members (excludes halogenated alkanes) is 1. The Morgan fingerprint density at radius 2 is 2.16 bits per heavy atom. The van der Waals surface area contributed by atoms with Crippen LogP contribution in [0.1, 0.15) is 25.6 Å². The molecular formula is C14H18Cl2N2O. The van der Waals surface area contributed by atoms with Crippen LogP contribution in [0.5, 0.6) is 0 Å². The van der Waals surface area contributed by atoms with Crippen LogP contribution in [0.4, 0.5) is 0 Å². The third kappa shape index (κ3) is 3.41. The summed E-state index contributed by atoms with van der Waals surface area (Å²) in [6, 6.07) is 5.72. The first-order valence-electron chi connectivity index (χ1n) is 6.55. The smallest absolute Gasteiger partial charge is 0.124 e. The van der Waals surface area contributed by atoms with Gasteiger partial charge in [0.1, 0.15) is 5.82 Å². The zero-order chi connectivity index (χ0) is 13.7. The van der Waals surface area contributed by atoms with E-state index in [2.05, 4.69) is 16.5 Å². The molecule has 0 spiro atoms. The molecule has 0 saturated heterocycles. The van der Waals surface area contributed by atoms with E-state index in [1.165, 1.54) is 0 Å². The summed E-state index contributed by atoms with van der Waals surface area (Å²) in [6.07, 6.45) is 2.24. The van der Waals surface area contributed by atoms with Gasteiger partial charge in [0.15, 0.2) is 0 Å². The molecule has 104 valence electrons. The van der Waals surface area contributed by atoms with E-state index in [9.17, 15) is 0 Å². The highest BCUT2D eigenvalue weighted by molar-refractivity contribution is 6.35. The quantitative estimate of drug-likeness (QED) is 0.565. The Labute approximate surface area is 123 Å². The Morgan fingerprint density at radius 1 is 1.32 bits per heavy atom. The molecule has 5 heteroatoms. The van der Waals surface area contributed by atoms with E-state index in [0.29, 0.717) is 17.5 Å². The largest absolute Gasteiger partial charge is 0.380 e. The average Bonchev–Trinajstić information content (AvgIpc) is 2.78. The maximum atomic E-state index is 6.25. The van der Waals surface area contributed by atoms with Crippen molar-refractivity contribution in [1.29, 1.82) is 0 Å². The van der Waals surface area contributed by atoms with Crippen molar-refractivity contribution in [2.75, 3.05) is 13.2 Å². The Hall–Kier alpha value is -0.770. The third-order valence-electron chi connectivity index (χ3n) is 3.02. The van der Waals surface area contributed by atoms with Gasteiger partial charge in [-0.2, -0.15) is 0 Å². The number of para-hydroxylation sites is 1. The van der Waals surface area contributed by atoms with Crippen LogP contribution in [0.25, 0.3) is 11.0 Å². The van der Waals surface area contributed by atoms with E-state index in [0.717, 1.165) is 42.9 Å². The topological polar surface area (TPSA) is 27.1 Å². The highest BCUT2D eigenvalue weighted by Crippen LogP contribution is 2.25. The molecule has 0 radical (unpaired) electrons. The van der Waals surface area contributed by atoms with Crippen LogP contribution < -0.4 is 0 Å². The summed E-state index contributed by atoms with van der Waals surface area (Å²) in [6.45, 7) is 4.33. The van der Waals surface area contributed by atoms with Gasteiger partial charge in [0, 0.05) is 13.2 Å². The molecule has 2 rings (SSSR count). The molecule has 1 aromatic heterocycles. The minimum Gasteiger partial charge on any atom is -0.380 e. The number of ether oxygens (including phenoxy) is 1. The number of hydrogen-bond donors (Lipinski definition) is 0. The van der Waals surface area contributed by atoms with Gasteiger partial charge in [-0.15, -0.1) is 11.6 Å². The van der Waals surface area contributed by atoms with Gasteiger partial charge < -0.3 is 9.30 Å². The average molecular weight is 301 g/mol. The molecule has 3 nitrogen and oxygen atoms in total. The second kappa shape index (κ2) is 7.13. The molecule has 0 amide bonds. The van der Waals surface area contributed by atoms with Crippen molar-refractivity contribution in [3.8, 4) is 0 Å². The van der Waals surface area contributed by atoms with Crippen LogP contribution in [-0.4, -0.2) is 22.8 Å². The van der Waals surface area contributed by atoms with Gasteiger partial charge in [0.05, 0.1) is 28.5 Å². The summed E-state index contributed by atoms with van der Waals surface area (Å²) < 4.78 is 7.65. The molecule has 0 aliphatic rings. The summed E-state index contributed by atoms with van der Waals surface area (Å²) in [7, 11) is 0. The Kier molecular flexibility index (Phi) is 5.49. The zero-order valence-electron chi connectivity index (χ0n) is 11.0. The number of imidazole rings is 1. The van der Waals surface area contributed by atoms with Gasteiger partial charge in [-0.1, -0.05) is 31.0 Å². The number of fused-ring (bicyclic) bond motifs is 1. The van der Waals surface area contributed by atoms with Crippen molar-refractivity contribution in [2.45, 2.75) is 32.2 Å². The van der Waals surface area contributed by atoms with Crippen LogP contribution in [0.2, 0.25) is 5.02 Å². The second-order valence-corrected chi connectivity index (χ2v) is 5.06. The van der Waals surface area contributed by atoms with E-state index in [4.69, 9.17) is 27.9 Å². The van der Waals surface area contributed by atoms with Gasteiger partial charge >= 0.3 is 0 Å². The predicted octanol–water partition coefficient (Wildman–Crippen LogP) is 4.25. The minimum atomic E-state index is 0.375. The van der Waals surface area contributed by atoms with Crippen molar-refractivity contribution in [1.82, 2.24) is 9.55 Å². The number of benzene rings is 1. The Balaban J connectivity index is 2.15. The van der Waals surface area contributed by atoms with Gasteiger partial charge in [-0.25, -0.2) is 4.98 Å². The van der Waals surface area contributed by atoms with Gasteiger partial charge in [0.25, 0.3) is 0 Å². The normalized spacial score (nSPS) is 11.3. The Morgan fingerprint density at radius 3 is 2.89 bits per heavy atom. The molecule has 1 aromatic carbocycles. The van der Waals surface area contributed by atoms with E-state index in [1.807, 2.05) is 18.2 Å². The second-order valence-electron chi connectivity index (χ2n) is 4.39. The van der Waals surface area contributed by atoms with E-state index >= 15 is 0 Å². The summed E-state index contributed by atoms with van der Waals surface area (Å²) in [4.78, 5) is 4.50. The molecule has 0 fully saturated rings. The lowest BCUT2D eigenvalue weighted by Crippen LogP contribution is -2.09. The molecule has 0 N–H and O–H groups in total. The minimum absolute atomic E-state index is 0.375. The van der Waals surface area contributed by atoms with Crippen LogP contribution in [0, 0.1) is 0 Å². The molecule has 0 bridgehead atoms. The van der Waals surface area contributed by atoms with E-state index in [1.54, 1.807) is 0 Å². The monoisotopic (exact) mass is 300 g/mol. The summed E-state index contributed by atoms with van der Waals surface area (Å²) >= 11 is 12.2. The maximum Gasteiger partial charge on any atom is 0.124 e. The molecule has 0 atom stereocenters. The van der Waals surface area contributed by atoms with E-state index < -0.39 is 0 Å². The molecule has 0 aliphatic heterocycles. The molecule has 0 aliphatic carbocycles. The molecule has 2 aromatic rings. The number of rotatable bonds is 7. The Bertz CT molecular complexity index is 539. The van der Waals surface area contributed by atoms with E-state index in [-0.39, 0.29) is 0 Å². The fraction of sp³-hybridized carbons (Fsp3) is 0.500. The SMILES string of the molecule is CCCCOCCn1c(CCl)nc2cccc(Cl)c21. The van der Waals surface area contributed by atoms with Crippen molar-refractivity contribution in [3.05, 3.63) is 29.0 Å². The fourth-order valence-corrected chi connectivity index (χ4v) is 2.51. The van der Waals surface area contributed by atoms with Gasteiger partial charge in [-0.3, -0.25) is 0 Å². The van der Waals surface area contributed by atoms with Crippen molar-refractivity contribution >= 4 is 34.2 Å². The third-order valence-corrected chi connectivity index (χ3v) is 3.56. The van der Waals surface area contributed by atoms with Gasteiger partial charge in [0.2, 0.25) is 0 Å². The number of aromatic nitrogens is 2.